The van der Waals surface area contributed by atoms with Crippen LogP contribution in [0.25, 0.3) is 0 Å². The van der Waals surface area contributed by atoms with Crippen LogP contribution in [0.2, 0.25) is 0 Å². The number of amides is 2. The van der Waals surface area contributed by atoms with Crippen molar-refractivity contribution in [1.29, 1.82) is 0 Å². The van der Waals surface area contributed by atoms with E-state index < -0.39 is 11.4 Å². The minimum absolute atomic E-state index is 0.154. The number of ether oxygens (including phenoxy) is 1. The highest BCUT2D eigenvalue weighted by atomic mass is 16.5. The lowest BCUT2D eigenvalue weighted by molar-refractivity contribution is -0.150. The highest BCUT2D eigenvalue weighted by Gasteiger charge is 2.39. The van der Waals surface area contributed by atoms with Crippen molar-refractivity contribution in [1.82, 2.24) is 10.2 Å². The van der Waals surface area contributed by atoms with Gasteiger partial charge in [-0.15, -0.1) is 0 Å². The van der Waals surface area contributed by atoms with E-state index in [1.807, 2.05) is 0 Å². The number of carboxylic acid groups (broad SMARTS) is 1. The van der Waals surface area contributed by atoms with Crippen LogP contribution in [0, 0.1) is 11.3 Å². The van der Waals surface area contributed by atoms with Gasteiger partial charge in [-0.1, -0.05) is 0 Å². The maximum absolute atomic E-state index is 12.0. The fourth-order valence-electron chi connectivity index (χ4n) is 2.68. The van der Waals surface area contributed by atoms with E-state index >= 15 is 0 Å². The molecular formula is C13H22N2O4. The topological polar surface area (TPSA) is 78.9 Å². The van der Waals surface area contributed by atoms with Crippen molar-refractivity contribution in [3.05, 3.63) is 0 Å². The van der Waals surface area contributed by atoms with Crippen LogP contribution < -0.4 is 5.32 Å². The summed E-state index contributed by atoms with van der Waals surface area (Å²) in [4.78, 5) is 24.9. The number of likely N-dealkylation sites (tertiary alicyclic amines) is 1. The average Bonchev–Trinajstić information content (AvgIpc) is 2.89. The molecular weight excluding hydrogens is 248 g/mol. The standard InChI is InChI=1S/C13H22N2O4/c1-13(11(16)17)4-2-5-15(9-13)12(18)14-7-10-3-6-19-8-10/h10H,2-9H2,1H3,(H,14,18)(H,16,17). The molecule has 2 unspecified atom stereocenters. The number of rotatable bonds is 3. The number of aliphatic carboxylic acids is 1. The second kappa shape index (κ2) is 5.77. The van der Waals surface area contributed by atoms with Crippen molar-refractivity contribution in [2.75, 3.05) is 32.8 Å². The fraction of sp³-hybridized carbons (Fsp3) is 0.846. The summed E-state index contributed by atoms with van der Waals surface area (Å²) in [7, 11) is 0. The molecule has 0 aromatic heterocycles. The zero-order valence-corrected chi connectivity index (χ0v) is 11.4. The predicted octanol–water partition coefficient (Wildman–Crippen LogP) is 0.919. The molecule has 2 heterocycles. The molecule has 0 saturated carbocycles. The van der Waals surface area contributed by atoms with Crippen LogP contribution in [0.15, 0.2) is 0 Å². The number of piperidine rings is 1. The summed E-state index contributed by atoms with van der Waals surface area (Å²) in [5, 5.41) is 12.1. The fourth-order valence-corrected chi connectivity index (χ4v) is 2.68. The number of hydrogen-bond donors (Lipinski definition) is 2. The summed E-state index contributed by atoms with van der Waals surface area (Å²) in [6.45, 7) is 4.71. The summed E-state index contributed by atoms with van der Waals surface area (Å²) >= 11 is 0. The molecule has 0 aliphatic carbocycles. The molecule has 2 aliphatic rings. The van der Waals surface area contributed by atoms with Gasteiger partial charge in [0, 0.05) is 32.2 Å². The number of nitrogens with zero attached hydrogens (tertiary/aromatic N) is 1. The molecule has 2 saturated heterocycles. The summed E-state index contributed by atoms with van der Waals surface area (Å²) in [5.41, 5.74) is -0.813. The molecule has 6 nitrogen and oxygen atoms in total. The third kappa shape index (κ3) is 3.37. The Balaban J connectivity index is 1.83. The van der Waals surface area contributed by atoms with Crippen molar-refractivity contribution >= 4 is 12.0 Å². The molecule has 0 bridgehead atoms. The molecule has 0 aromatic carbocycles. The minimum atomic E-state index is -0.825. The summed E-state index contributed by atoms with van der Waals surface area (Å²) < 4.78 is 5.26. The Hall–Kier alpha value is -1.30. The van der Waals surface area contributed by atoms with E-state index in [1.54, 1.807) is 11.8 Å². The summed E-state index contributed by atoms with van der Waals surface area (Å²) in [6.07, 6.45) is 2.35. The molecule has 2 amide bonds. The Morgan fingerprint density at radius 1 is 1.53 bits per heavy atom. The maximum atomic E-state index is 12.0. The van der Waals surface area contributed by atoms with Gasteiger partial charge in [-0.2, -0.15) is 0 Å². The van der Waals surface area contributed by atoms with Crippen LogP contribution in [0.3, 0.4) is 0 Å². The number of urea groups is 1. The lowest BCUT2D eigenvalue weighted by atomic mass is 9.82. The normalized spacial score (nSPS) is 31.2. The van der Waals surface area contributed by atoms with E-state index in [4.69, 9.17) is 4.74 Å². The first kappa shape index (κ1) is 14.1. The highest BCUT2D eigenvalue weighted by Crippen LogP contribution is 2.29. The van der Waals surface area contributed by atoms with Crippen LogP contribution in [-0.2, 0) is 9.53 Å². The number of carbonyl (C=O) groups is 2. The van der Waals surface area contributed by atoms with Crippen molar-refractivity contribution in [3.63, 3.8) is 0 Å². The Labute approximate surface area is 113 Å². The largest absolute Gasteiger partial charge is 0.481 e. The summed E-state index contributed by atoms with van der Waals surface area (Å²) in [6, 6.07) is -0.154. The van der Waals surface area contributed by atoms with Crippen molar-refractivity contribution in [2.24, 2.45) is 11.3 Å². The second-order valence-electron chi connectivity index (χ2n) is 5.81. The van der Waals surface area contributed by atoms with Gasteiger partial charge >= 0.3 is 12.0 Å². The molecule has 2 aliphatic heterocycles. The molecule has 19 heavy (non-hydrogen) atoms. The van der Waals surface area contributed by atoms with Gasteiger partial charge in [-0.05, 0) is 26.2 Å². The number of nitrogens with one attached hydrogen (secondary N) is 1. The van der Waals surface area contributed by atoms with E-state index in [2.05, 4.69) is 5.32 Å². The zero-order chi connectivity index (χ0) is 13.9. The first-order chi connectivity index (χ1) is 9.01. The Kier molecular flexibility index (Phi) is 4.29. The van der Waals surface area contributed by atoms with Crippen LogP contribution in [0.1, 0.15) is 26.2 Å². The molecule has 2 fully saturated rings. The maximum Gasteiger partial charge on any atom is 0.317 e. The van der Waals surface area contributed by atoms with Crippen molar-refractivity contribution in [2.45, 2.75) is 26.2 Å². The van der Waals surface area contributed by atoms with E-state index in [0.717, 1.165) is 19.4 Å². The van der Waals surface area contributed by atoms with Crippen molar-refractivity contribution < 1.29 is 19.4 Å². The molecule has 2 rings (SSSR count). The molecule has 0 aromatic rings. The quantitative estimate of drug-likeness (QED) is 0.799. The van der Waals surface area contributed by atoms with Gasteiger partial charge in [0.2, 0.25) is 0 Å². The van der Waals surface area contributed by atoms with E-state index in [1.165, 1.54) is 0 Å². The van der Waals surface area contributed by atoms with Crippen molar-refractivity contribution in [3.8, 4) is 0 Å². The molecule has 2 N–H and O–H groups in total. The van der Waals surface area contributed by atoms with Gasteiger partial charge in [-0.25, -0.2) is 4.79 Å². The van der Waals surface area contributed by atoms with Crippen LogP contribution in [0.5, 0.6) is 0 Å². The number of hydrogen-bond acceptors (Lipinski definition) is 3. The lowest BCUT2D eigenvalue weighted by Crippen LogP contribution is -2.52. The monoisotopic (exact) mass is 270 g/mol. The van der Waals surface area contributed by atoms with Gasteiger partial charge in [0.1, 0.15) is 0 Å². The van der Waals surface area contributed by atoms with Crippen LogP contribution >= 0.6 is 0 Å². The molecule has 2 atom stereocenters. The van der Waals surface area contributed by atoms with E-state index in [-0.39, 0.29) is 12.6 Å². The average molecular weight is 270 g/mol. The highest BCUT2D eigenvalue weighted by molar-refractivity contribution is 5.78. The summed E-state index contributed by atoms with van der Waals surface area (Å²) in [5.74, 6) is -0.436. The third-order valence-corrected chi connectivity index (χ3v) is 4.07. The Morgan fingerprint density at radius 2 is 2.32 bits per heavy atom. The van der Waals surface area contributed by atoms with Gasteiger partial charge in [0.25, 0.3) is 0 Å². The van der Waals surface area contributed by atoms with E-state index in [9.17, 15) is 14.7 Å². The predicted molar refractivity (Wildman–Crippen MR) is 68.9 cm³/mol. The van der Waals surface area contributed by atoms with Gasteiger partial charge in [0.05, 0.1) is 12.0 Å². The first-order valence-electron chi connectivity index (χ1n) is 6.85. The minimum Gasteiger partial charge on any atom is -0.481 e. The number of carboxylic acids is 1. The molecule has 0 spiro atoms. The third-order valence-electron chi connectivity index (χ3n) is 4.07. The van der Waals surface area contributed by atoms with Gasteiger partial charge in [-0.3, -0.25) is 4.79 Å². The van der Waals surface area contributed by atoms with Gasteiger partial charge in [0.15, 0.2) is 0 Å². The SMILES string of the molecule is CC1(C(=O)O)CCCN(C(=O)NCC2CCOC2)C1. The molecule has 0 radical (unpaired) electrons. The smallest absolute Gasteiger partial charge is 0.317 e. The zero-order valence-electron chi connectivity index (χ0n) is 11.4. The lowest BCUT2D eigenvalue weighted by Gasteiger charge is -2.37. The van der Waals surface area contributed by atoms with Gasteiger partial charge < -0.3 is 20.1 Å². The Bertz CT molecular complexity index is 355. The molecule has 6 heteroatoms. The van der Waals surface area contributed by atoms with Crippen LogP contribution in [-0.4, -0.2) is 54.9 Å². The Morgan fingerprint density at radius 3 is 2.95 bits per heavy atom. The number of carbonyl (C=O) groups excluding carboxylic acids is 1. The molecule has 108 valence electrons. The second-order valence-corrected chi connectivity index (χ2v) is 5.81. The van der Waals surface area contributed by atoms with Crippen LogP contribution in [0.4, 0.5) is 4.79 Å². The first-order valence-corrected chi connectivity index (χ1v) is 6.85. The van der Waals surface area contributed by atoms with E-state index in [0.29, 0.717) is 32.0 Å².